The molecule has 1 unspecified atom stereocenters. The first-order valence-electron chi connectivity index (χ1n) is 5.21. The fourth-order valence-electron chi connectivity index (χ4n) is 1.61. The molecule has 1 atom stereocenters. The van der Waals surface area contributed by atoms with E-state index in [1.54, 1.807) is 0 Å². The van der Waals surface area contributed by atoms with Gasteiger partial charge in [-0.2, -0.15) is 8.42 Å². The third-order valence-electron chi connectivity index (χ3n) is 2.17. The summed E-state index contributed by atoms with van der Waals surface area (Å²) in [6, 6.07) is 5.81. The number of anilines is 1. The van der Waals surface area contributed by atoms with Crippen LogP contribution in [-0.4, -0.2) is 66.0 Å². The fraction of sp³-hybridized carbons (Fsp3) is 0.455. The minimum atomic E-state index is -4.13. The zero-order valence-corrected chi connectivity index (χ0v) is 10.7. The molecule has 18 heavy (non-hydrogen) atoms. The molecule has 0 aliphatic carbocycles. The summed E-state index contributed by atoms with van der Waals surface area (Å²) in [5, 5.41) is 12.3. The van der Waals surface area contributed by atoms with E-state index < -0.39 is 22.0 Å². The molecule has 98 valence electrons. The Morgan fingerprint density at radius 2 is 1.72 bits per heavy atom. The van der Waals surface area contributed by atoms with Gasteiger partial charge in [-0.1, -0.05) is 6.07 Å². The van der Waals surface area contributed by atoms with Crippen molar-refractivity contribution in [2.24, 2.45) is 0 Å². The average Bonchev–Trinajstić information content (AvgIpc) is 2.10. The van der Waals surface area contributed by atoms with Crippen LogP contribution in [0.1, 0.15) is 11.1 Å². The van der Waals surface area contributed by atoms with Gasteiger partial charge in [0.05, 0.1) is 6.10 Å². The number of hydrogen-bond acceptors (Lipinski definition) is 4. The van der Waals surface area contributed by atoms with Crippen LogP contribution in [0.4, 0.5) is 5.69 Å². The maximum atomic E-state index is 10.5. The summed E-state index contributed by atoms with van der Waals surface area (Å²) in [4.78, 5) is 0. The molecule has 1 rings (SSSR count). The van der Waals surface area contributed by atoms with Gasteiger partial charge in [0, 0.05) is 12.2 Å². The van der Waals surface area contributed by atoms with Gasteiger partial charge < -0.3 is 10.4 Å². The Labute approximate surface area is 130 Å². The fourth-order valence-corrected chi connectivity index (χ4v) is 2.22. The first kappa shape index (κ1) is 17.9. The normalized spacial score (nSPS) is 12.7. The number of aryl methyl sites for hydroxylation is 2. The standard InChI is InChI=1S/C11H17NO4S.Na.H/c1-8-3-9(2)5-10(4-8)12-6-11(13)7-17(14,15)16;;/h3-5,11-13H,6-7H2,1-2H3,(H,14,15,16);;. The second kappa shape index (κ2) is 7.47. The van der Waals surface area contributed by atoms with E-state index in [1.165, 1.54) is 0 Å². The Hall–Kier alpha value is -0.110. The zero-order chi connectivity index (χ0) is 13.1. The molecule has 1 aromatic carbocycles. The summed E-state index contributed by atoms with van der Waals surface area (Å²) in [6.07, 6.45) is -1.13. The second-order valence-electron chi connectivity index (χ2n) is 4.16. The maximum absolute atomic E-state index is 10.5. The first-order chi connectivity index (χ1) is 7.76. The molecule has 5 nitrogen and oxygen atoms in total. The monoisotopic (exact) mass is 283 g/mol. The Kier molecular flexibility index (Phi) is 7.43. The van der Waals surface area contributed by atoms with Gasteiger partial charge in [0.25, 0.3) is 10.1 Å². The molecule has 0 radical (unpaired) electrons. The van der Waals surface area contributed by atoms with E-state index in [4.69, 9.17) is 4.55 Å². The van der Waals surface area contributed by atoms with Crippen molar-refractivity contribution in [2.45, 2.75) is 20.0 Å². The van der Waals surface area contributed by atoms with Crippen molar-refractivity contribution in [1.82, 2.24) is 0 Å². The predicted octanol–water partition coefficient (Wildman–Crippen LogP) is 0.316. The second-order valence-corrected chi connectivity index (χ2v) is 5.66. The van der Waals surface area contributed by atoms with E-state index >= 15 is 0 Å². The molecule has 1 aromatic rings. The van der Waals surface area contributed by atoms with E-state index in [9.17, 15) is 13.5 Å². The van der Waals surface area contributed by atoms with E-state index in [0.29, 0.717) is 0 Å². The molecule has 0 aliphatic rings. The van der Waals surface area contributed by atoms with Crippen LogP contribution in [0, 0.1) is 13.8 Å². The van der Waals surface area contributed by atoms with E-state index in [2.05, 4.69) is 5.32 Å². The topological polar surface area (TPSA) is 86.6 Å². The number of rotatable bonds is 5. The van der Waals surface area contributed by atoms with E-state index in [0.717, 1.165) is 16.8 Å². The predicted molar refractivity (Wildman–Crippen MR) is 74.0 cm³/mol. The molecule has 0 aliphatic heterocycles. The molecule has 7 heteroatoms. The van der Waals surface area contributed by atoms with Gasteiger partial charge in [-0.3, -0.25) is 4.55 Å². The van der Waals surface area contributed by atoms with Crippen molar-refractivity contribution in [3.63, 3.8) is 0 Å². The molecule has 0 heterocycles. The van der Waals surface area contributed by atoms with Crippen molar-refractivity contribution in [2.75, 3.05) is 17.6 Å². The number of benzene rings is 1. The molecule has 0 aromatic heterocycles. The Bertz CT molecular complexity index is 470. The van der Waals surface area contributed by atoms with Crippen LogP contribution in [0.15, 0.2) is 18.2 Å². The molecule has 0 bridgehead atoms. The third-order valence-corrected chi connectivity index (χ3v) is 2.97. The minimum absolute atomic E-state index is 0. The number of aliphatic hydroxyl groups excluding tert-OH is 1. The molecule has 0 fully saturated rings. The molecule has 0 saturated heterocycles. The van der Waals surface area contributed by atoms with Crippen molar-refractivity contribution >= 4 is 45.4 Å². The summed E-state index contributed by atoms with van der Waals surface area (Å²) in [5.74, 6) is -0.662. The molecular weight excluding hydrogens is 265 g/mol. The quantitative estimate of drug-likeness (QED) is 0.535. The van der Waals surface area contributed by atoms with Gasteiger partial charge in [0.2, 0.25) is 0 Å². The van der Waals surface area contributed by atoms with E-state index in [-0.39, 0.29) is 36.1 Å². The molecule has 0 spiro atoms. The summed E-state index contributed by atoms with van der Waals surface area (Å²) in [5.41, 5.74) is 2.98. The summed E-state index contributed by atoms with van der Waals surface area (Å²) in [6.45, 7) is 3.97. The van der Waals surface area contributed by atoms with Crippen molar-refractivity contribution < 1.29 is 18.1 Å². The van der Waals surface area contributed by atoms with Crippen LogP contribution in [0.5, 0.6) is 0 Å². The number of nitrogens with one attached hydrogen (secondary N) is 1. The van der Waals surface area contributed by atoms with Crippen LogP contribution in [-0.2, 0) is 10.1 Å². The SMILES string of the molecule is Cc1cc(C)cc(NCC(O)CS(=O)(=O)O)c1.[NaH]. The molecule has 0 saturated carbocycles. The van der Waals surface area contributed by atoms with Crippen LogP contribution >= 0.6 is 0 Å². The number of hydrogen-bond donors (Lipinski definition) is 3. The first-order valence-corrected chi connectivity index (χ1v) is 6.82. The van der Waals surface area contributed by atoms with Crippen LogP contribution in [0.2, 0.25) is 0 Å². The zero-order valence-electron chi connectivity index (χ0n) is 9.84. The third kappa shape index (κ3) is 7.35. The van der Waals surface area contributed by atoms with Crippen molar-refractivity contribution in [3.8, 4) is 0 Å². The van der Waals surface area contributed by atoms with E-state index in [1.807, 2.05) is 32.0 Å². The Morgan fingerprint density at radius 1 is 1.22 bits per heavy atom. The van der Waals surface area contributed by atoms with Crippen LogP contribution in [0.3, 0.4) is 0 Å². The average molecular weight is 283 g/mol. The Balaban J connectivity index is 0.00000289. The van der Waals surface area contributed by atoms with Crippen molar-refractivity contribution in [1.29, 1.82) is 0 Å². The summed E-state index contributed by atoms with van der Waals surface area (Å²) < 4.78 is 29.6. The van der Waals surface area contributed by atoms with Gasteiger partial charge in [-0.25, -0.2) is 0 Å². The van der Waals surface area contributed by atoms with Crippen LogP contribution in [0.25, 0.3) is 0 Å². The summed E-state index contributed by atoms with van der Waals surface area (Å²) in [7, 11) is -4.13. The van der Waals surface area contributed by atoms with Gasteiger partial charge >= 0.3 is 29.6 Å². The van der Waals surface area contributed by atoms with Gasteiger partial charge in [0.1, 0.15) is 5.75 Å². The van der Waals surface area contributed by atoms with Crippen LogP contribution < -0.4 is 5.32 Å². The molecule has 0 amide bonds. The molecular formula is C11H18NNaO4S. The number of aliphatic hydroxyl groups is 1. The molecule has 3 N–H and O–H groups in total. The van der Waals surface area contributed by atoms with Crippen molar-refractivity contribution in [3.05, 3.63) is 29.3 Å². The van der Waals surface area contributed by atoms with Gasteiger partial charge in [0.15, 0.2) is 0 Å². The Morgan fingerprint density at radius 3 is 2.17 bits per heavy atom. The van der Waals surface area contributed by atoms with Gasteiger partial charge in [-0.05, 0) is 37.1 Å². The van der Waals surface area contributed by atoms with Gasteiger partial charge in [-0.15, -0.1) is 0 Å². The summed E-state index contributed by atoms with van der Waals surface area (Å²) >= 11 is 0.